The third-order valence-corrected chi connectivity index (χ3v) is 5.62. The summed E-state index contributed by atoms with van der Waals surface area (Å²) in [6.45, 7) is 0.919. The average Bonchev–Trinajstić information content (AvgIpc) is 2.90. The summed E-state index contributed by atoms with van der Waals surface area (Å²) >= 11 is 0. The summed E-state index contributed by atoms with van der Waals surface area (Å²) in [4.78, 5) is 62.6. The first-order valence-electron chi connectivity index (χ1n) is 11.0. The van der Waals surface area contributed by atoms with Gasteiger partial charge in [-0.05, 0) is 37.3 Å². The Kier molecular flexibility index (Phi) is 6.91. The van der Waals surface area contributed by atoms with E-state index in [1.54, 1.807) is 48.5 Å². The molecular formula is C27H22N2O7. The van der Waals surface area contributed by atoms with Gasteiger partial charge in [-0.3, -0.25) is 24.0 Å². The molecular weight excluding hydrogens is 464 g/mol. The number of rotatable bonds is 7. The Balaban J connectivity index is 1.36. The van der Waals surface area contributed by atoms with E-state index in [9.17, 15) is 24.0 Å². The van der Waals surface area contributed by atoms with Crippen LogP contribution < -0.4 is 15.4 Å². The highest BCUT2D eigenvalue weighted by Crippen LogP contribution is 2.29. The normalized spacial score (nSPS) is 12.6. The quantitative estimate of drug-likeness (QED) is 0.385. The predicted octanol–water partition coefficient (Wildman–Crippen LogP) is 2.77. The number of anilines is 1. The molecule has 1 unspecified atom stereocenters. The summed E-state index contributed by atoms with van der Waals surface area (Å²) in [5, 5.41) is 5.00. The van der Waals surface area contributed by atoms with E-state index in [1.165, 1.54) is 32.2 Å². The largest absolute Gasteiger partial charge is 0.496 e. The number of hydrogen-bond donors (Lipinski definition) is 2. The Labute approximate surface area is 206 Å². The van der Waals surface area contributed by atoms with Gasteiger partial charge in [0.05, 0.1) is 12.7 Å². The van der Waals surface area contributed by atoms with Gasteiger partial charge in [-0.2, -0.15) is 0 Å². The zero-order chi connectivity index (χ0) is 25.8. The number of esters is 1. The van der Waals surface area contributed by atoms with Gasteiger partial charge in [0.25, 0.3) is 11.8 Å². The van der Waals surface area contributed by atoms with Gasteiger partial charge in [-0.1, -0.05) is 36.4 Å². The lowest BCUT2D eigenvalue weighted by Crippen LogP contribution is -2.36. The summed E-state index contributed by atoms with van der Waals surface area (Å²) in [5.74, 6) is -2.23. The molecule has 0 aliphatic heterocycles. The van der Waals surface area contributed by atoms with Gasteiger partial charge in [0.1, 0.15) is 12.3 Å². The number of amides is 2. The molecule has 2 amide bonds. The van der Waals surface area contributed by atoms with E-state index in [1.807, 2.05) is 0 Å². The highest BCUT2D eigenvalue weighted by atomic mass is 16.5. The molecule has 3 aromatic carbocycles. The van der Waals surface area contributed by atoms with Gasteiger partial charge >= 0.3 is 5.97 Å². The third kappa shape index (κ3) is 4.85. The Bertz CT molecular complexity index is 1400. The number of ketones is 2. The van der Waals surface area contributed by atoms with E-state index in [0.717, 1.165) is 0 Å². The molecule has 0 radical (unpaired) electrons. The van der Waals surface area contributed by atoms with Crippen molar-refractivity contribution in [2.24, 2.45) is 0 Å². The van der Waals surface area contributed by atoms with Crippen molar-refractivity contribution in [3.63, 3.8) is 0 Å². The molecule has 182 valence electrons. The molecule has 36 heavy (non-hydrogen) atoms. The average molecular weight is 486 g/mol. The molecule has 1 aliphatic rings. The number of fused-ring (bicyclic) bond motifs is 2. The fourth-order valence-electron chi connectivity index (χ4n) is 3.79. The molecule has 4 rings (SSSR count). The van der Waals surface area contributed by atoms with Crippen molar-refractivity contribution in [1.82, 2.24) is 5.32 Å². The first kappa shape index (κ1) is 24.3. The molecule has 0 spiro atoms. The van der Waals surface area contributed by atoms with Crippen molar-refractivity contribution in [3.8, 4) is 5.75 Å². The number of carbonyl (C=O) groups is 5. The van der Waals surface area contributed by atoms with Crippen molar-refractivity contribution in [2.75, 3.05) is 19.0 Å². The van der Waals surface area contributed by atoms with Gasteiger partial charge in [0.2, 0.25) is 0 Å². The third-order valence-electron chi connectivity index (χ3n) is 5.62. The minimum absolute atomic E-state index is 0.181. The number of methoxy groups -OCH3 is 1. The fourth-order valence-corrected chi connectivity index (χ4v) is 3.79. The summed E-state index contributed by atoms with van der Waals surface area (Å²) in [5.41, 5.74) is 1.59. The number of carbonyl (C=O) groups excluding carboxylic acids is 5. The Morgan fingerprint density at radius 2 is 1.44 bits per heavy atom. The Morgan fingerprint density at radius 3 is 2.14 bits per heavy atom. The first-order valence-corrected chi connectivity index (χ1v) is 11.0. The number of para-hydroxylation sites is 1. The summed E-state index contributed by atoms with van der Waals surface area (Å²) in [6.07, 6.45) is -1.19. The van der Waals surface area contributed by atoms with Crippen LogP contribution >= 0.6 is 0 Å². The second-order valence-corrected chi connectivity index (χ2v) is 7.97. The smallest absolute Gasteiger partial charge is 0.326 e. The zero-order valence-corrected chi connectivity index (χ0v) is 19.5. The van der Waals surface area contributed by atoms with Crippen LogP contribution in [0.5, 0.6) is 5.75 Å². The fraction of sp³-hybridized carbons (Fsp3) is 0.148. The van der Waals surface area contributed by atoms with Gasteiger partial charge < -0.3 is 20.1 Å². The molecule has 0 aromatic heterocycles. The second kappa shape index (κ2) is 10.2. The van der Waals surface area contributed by atoms with E-state index < -0.39 is 30.4 Å². The van der Waals surface area contributed by atoms with E-state index in [0.29, 0.717) is 16.9 Å². The van der Waals surface area contributed by atoms with E-state index in [2.05, 4.69) is 10.6 Å². The number of nitrogens with one attached hydrogen (secondary N) is 2. The molecule has 0 bridgehead atoms. The van der Waals surface area contributed by atoms with Crippen LogP contribution in [-0.2, 0) is 14.3 Å². The zero-order valence-electron chi connectivity index (χ0n) is 19.5. The Morgan fingerprint density at radius 1 is 0.833 bits per heavy atom. The van der Waals surface area contributed by atoms with Crippen molar-refractivity contribution in [1.29, 1.82) is 0 Å². The van der Waals surface area contributed by atoms with Gasteiger partial charge in [-0.15, -0.1) is 0 Å². The molecule has 1 aliphatic carbocycles. The molecule has 0 heterocycles. The lowest BCUT2D eigenvalue weighted by atomic mass is 9.84. The van der Waals surface area contributed by atoms with Gasteiger partial charge in [0.15, 0.2) is 17.7 Å². The second-order valence-electron chi connectivity index (χ2n) is 7.97. The van der Waals surface area contributed by atoms with Crippen LogP contribution in [-0.4, -0.2) is 49.1 Å². The summed E-state index contributed by atoms with van der Waals surface area (Å²) in [6, 6.07) is 17.5. The van der Waals surface area contributed by atoms with Crippen LogP contribution in [0.1, 0.15) is 49.1 Å². The maximum atomic E-state index is 12.9. The van der Waals surface area contributed by atoms with E-state index >= 15 is 0 Å². The molecule has 1 atom stereocenters. The monoisotopic (exact) mass is 486 g/mol. The molecule has 0 saturated heterocycles. The van der Waals surface area contributed by atoms with E-state index in [-0.39, 0.29) is 33.9 Å². The van der Waals surface area contributed by atoms with E-state index in [4.69, 9.17) is 9.47 Å². The number of ether oxygens (including phenoxy) is 2. The van der Waals surface area contributed by atoms with Crippen LogP contribution in [0, 0.1) is 0 Å². The Hall–Kier alpha value is -4.79. The van der Waals surface area contributed by atoms with Crippen molar-refractivity contribution in [2.45, 2.75) is 13.0 Å². The van der Waals surface area contributed by atoms with Crippen LogP contribution in [0.4, 0.5) is 5.69 Å². The van der Waals surface area contributed by atoms with Crippen molar-refractivity contribution >= 4 is 35.0 Å². The van der Waals surface area contributed by atoms with Crippen LogP contribution in [0.15, 0.2) is 66.7 Å². The molecule has 9 heteroatoms. The van der Waals surface area contributed by atoms with Gasteiger partial charge in [0, 0.05) is 27.9 Å². The topological polar surface area (TPSA) is 128 Å². The van der Waals surface area contributed by atoms with Crippen LogP contribution in [0.3, 0.4) is 0 Å². The van der Waals surface area contributed by atoms with Crippen molar-refractivity contribution in [3.05, 3.63) is 94.5 Å². The number of benzene rings is 3. The van der Waals surface area contributed by atoms with Gasteiger partial charge in [-0.25, -0.2) is 0 Å². The maximum Gasteiger partial charge on any atom is 0.326 e. The first-order chi connectivity index (χ1) is 17.3. The standard InChI is InChI=1S/C27H22N2O7/c1-15(36-23(30)14-28-27(34)20-9-5-6-10-22(20)35-2)26(33)29-16-11-12-19-21(13-16)25(32)18-8-4-3-7-17(18)24(19)31/h3-13,15H,14H2,1-2H3,(H,28,34)(H,29,33). The lowest BCUT2D eigenvalue weighted by Gasteiger charge is -2.19. The molecule has 2 N–H and O–H groups in total. The molecule has 0 saturated carbocycles. The van der Waals surface area contributed by atoms with Crippen LogP contribution in [0.25, 0.3) is 0 Å². The highest BCUT2D eigenvalue weighted by molar-refractivity contribution is 6.28. The number of hydrogen-bond acceptors (Lipinski definition) is 7. The van der Waals surface area contributed by atoms with Crippen LogP contribution in [0.2, 0.25) is 0 Å². The molecule has 3 aromatic rings. The van der Waals surface area contributed by atoms with Crippen molar-refractivity contribution < 1.29 is 33.4 Å². The lowest BCUT2D eigenvalue weighted by molar-refractivity contribution is -0.152. The molecule has 0 fully saturated rings. The maximum absolute atomic E-state index is 12.9. The molecule has 9 nitrogen and oxygen atoms in total. The SMILES string of the molecule is COc1ccccc1C(=O)NCC(=O)OC(C)C(=O)Nc1ccc2c(c1)C(=O)c1ccccc1C2=O. The highest BCUT2D eigenvalue weighted by Gasteiger charge is 2.29. The minimum Gasteiger partial charge on any atom is -0.496 e. The summed E-state index contributed by atoms with van der Waals surface area (Å²) in [7, 11) is 1.43. The summed E-state index contributed by atoms with van der Waals surface area (Å²) < 4.78 is 10.2. The minimum atomic E-state index is -1.19. The predicted molar refractivity (Wildman–Crippen MR) is 129 cm³/mol.